The lowest BCUT2D eigenvalue weighted by atomic mass is 10.1. The molecule has 0 aliphatic carbocycles. The highest BCUT2D eigenvalue weighted by atomic mass is 33.1. The SMILES string of the molecule is CNCCc1c[nH]c2cccc(OC(=O)SSCc3ccccc3)c12. The fraction of sp³-hybridized carbons (Fsp3) is 0.211. The third-order valence-electron chi connectivity index (χ3n) is 3.78. The number of hydrogen-bond donors (Lipinski definition) is 2. The lowest BCUT2D eigenvalue weighted by Gasteiger charge is -2.07. The number of nitrogens with one attached hydrogen (secondary N) is 2. The molecule has 0 aliphatic heterocycles. The van der Waals surface area contributed by atoms with Crippen LogP contribution in [0.5, 0.6) is 5.75 Å². The molecule has 0 fully saturated rings. The van der Waals surface area contributed by atoms with E-state index in [-0.39, 0.29) is 5.30 Å². The third-order valence-corrected chi connectivity index (χ3v) is 5.69. The van der Waals surface area contributed by atoms with Crippen LogP contribution in [0.15, 0.2) is 54.7 Å². The molecule has 4 nitrogen and oxygen atoms in total. The Labute approximate surface area is 155 Å². The fourth-order valence-corrected chi connectivity index (χ4v) is 4.17. The molecule has 1 aromatic heterocycles. The lowest BCUT2D eigenvalue weighted by Crippen LogP contribution is -2.10. The van der Waals surface area contributed by atoms with Crippen LogP contribution in [0.1, 0.15) is 11.1 Å². The van der Waals surface area contributed by atoms with E-state index in [0.717, 1.165) is 46.0 Å². The lowest BCUT2D eigenvalue weighted by molar-refractivity contribution is 0.228. The number of carbonyl (C=O) groups excluding carboxylic acids is 1. The van der Waals surface area contributed by atoms with Gasteiger partial charge < -0.3 is 15.0 Å². The van der Waals surface area contributed by atoms with Gasteiger partial charge in [0, 0.05) is 33.6 Å². The maximum absolute atomic E-state index is 12.2. The van der Waals surface area contributed by atoms with Crippen LogP contribution in [-0.2, 0) is 12.2 Å². The maximum atomic E-state index is 12.2. The molecule has 0 amide bonds. The molecule has 0 spiro atoms. The van der Waals surface area contributed by atoms with Gasteiger partial charge in [0.15, 0.2) is 0 Å². The van der Waals surface area contributed by atoms with Gasteiger partial charge >= 0.3 is 5.30 Å². The minimum atomic E-state index is -0.297. The topological polar surface area (TPSA) is 54.1 Å². The molecule has 25 heavy (non-hydrogen) atoms. The zero-order chi connectivity index (χ0) is 17.5. The molecule has 2 aromatic carbocycles. The summed E-state index contributed by atoms with van der Waals surface area (Å²) in [6.07, 6.45) is 2.86. The van der Waals surface area contributed by atoms with Gasteiger partial charge in [-0.25, -0.2) is 4.79 Å². The van der Waals surface area contributed by atoms with E-state index in [2.05, 4.69) is 10.3 Å². The summed E-state index contributed by atoms with van der Waals surface area (Å²) in [5.41, 5.74) is 3.32. The zero-order valence-electron chi connectivity index (χ0n) is 14.0. The second-order valence-electron chi connectivity index (χ2n) is 5.53. The Hall–Kier alpha value is -1.89. The number of aromatic amines is 1. The van der Waals surface area contributed by atoms with Crippen LogP contribution in [0, 0.1) is 0 Å². The quantitative estimate of drug-likeness (QED) is 0.451. The number of carbonyl (C=O) groups is 1. The standard InChI is InChI=1S/C19H20N2O2S2/c1-20-11-10-15-12-21-16-8-5-9-17(18(15)16)23-19(22)25-24-13-14-6-3-2-4-7-14/h2-9,12,20-21H,10-11,13H2,1H3. The first-order valence-corrected chi connectivity index (χ1v) is 10.4. The number of hydrogen-bond acceptors (Lipinski definition) is 5. The number of rotatable bonds is 7. The largest absolute Gasteiger partial charge is 0.417 e. The fourth-order valence-electron chi connectivity index (χ4n) is 2.59. The van der Waals surface area contributed by atoms with Crippen LogP contribution in [0.3, 0.4) is 0 Å². The number of ether oxygens (including phenoxy) is 1. The van der Waals surface area contributed by atoms with Crippen molar-refractivity contribution in [2.45, 2.75) is 12.2 Å². The Balaban J connectivity index is 1.63. The predicted octanol–water partition coefficient (Wildman–Crippen LogP) is 5.01. The van der Waals surface area contributed by atoms with Gasteiger partial charge in [-0.3, -0.25) is 0 Å². The van der Waals surface area contributed by atoms with E-state index < -0.39 is 0 Å². The van der Waals surface area contributed by atoms with Gasteiger partial charge in [0.05, 0.1) is 0 Å². The first-order chi connectivity index (χ1) is 12.3. The van der Waals surface area contributed by atoms with Crippen molar-refractivity contribution in [2.75, 3.05) is 13.6 Å². The number of likely N-dealkylation sites (N-methyl/N-ethyl adjacent to an activating group) is 1. The van der Waals surface area contributed by atoms with Gasteiger partial charge in [-0.2, -0.15) is 0 Å². The van der Waals surface area contributed by atoms with Gasteiger partial charge in [-0.1, -0.05) is 47.2 Å². The van der Waals surface area contributed by atoms with E-state index in [1.54, 1.807) is 0 Å². The third kappa shape index (κ3) is 4.81. The van der Waals surface area contributed by atoms with Crippen LogP contribution in [0.4, 0.5) is 4.79 Å². The van der Waals surface area contributed by atoms with Crippen LogP contribution in [0.2, 0.25) is 0 Å². The van der Waals surface area contributed by atoms with Crippen molar-refractivity contribution in [2.24, 2.45) is 0 Å². The molecule has 0 atom stereocenters. The summed E-state index contributed by atoms with van der Waals surface area (Å²) in [7, 11) is 4.54. The summed E-state index contributed by atoms with van der Waals surface area (Å²) in [4.78, 5) is 15.4. The van der Waals surface area contributed by atoms with E-state index in [1.165, 1.54) is 16.4 Å². The molecule has 130 valence electrons. The van der Waals surface area contributed by atoms with Crippen molar-refractivity contribution < 1.29 is 9.53 Å². The van der Waals surface area contributed by atoms with Crippen molar-refractivity contribution in [3.05, 3.63) is 65.9 Å². The first-order valence-electron chi connectivity index (χ1n) is 8.06. The molecule has 2 N–H and O–H groups in total. The van der Waals surface area contributed by atoms with E-state index in [0.29, 0.717) is 5.75 Å². The smallest absolute Gasteiger partial charge is 0.383 e. The van der Waals surface area contributed by atoms with Crippen molar-refractivity contribution >= 4 is 37.8 Å². The summed E-state index contributed by atoms with van der Waals surface area (Å²) in [6.45, 7) is 0.872. The molecule has 6 heteroatoms. The highest BCUT2D eigenvalue weighted by molar-refractivity contribution is 8.81. The molecular weight excluding hydrogens is 352 g/mol. The Kier molecular flexibility index (Phi) is 6.44. The minimum absolute atomic E-state index is 0.297. The molecule has 3 rings (SSSR count). The van der Waals surface area contributed by atoms with Crippen LogP contribution in [-0.4, -0.2) is 23.9 Å². The second-order valence-corrected chi connectivity index (χ2v) is 7.76. The Morgan fingerprint density at radius 2 is 2.00 bits per heavy atom. The number of fused-ring (bicyclic) bond motifs is 1. The molecule has 0 aliphatic rings. The van der Waals surface area contributed by atoms with Crippen LogP contribution >= 0.6 is 21.6 Å². The molecule has 0 saturated carbocycles. The van der Waals surface area contributed by atoms with Crippen LogP contribution < -0.4 is 10.1 Å². The summed E-state index contributed by atoms with van der Waals surface area (Å²) >= 11 is 0. The van der Waals surface area contributed by atoms with Gasteiger partial charge in [-0.05, 0) is 43.3 Å². The second kappa shape index (κ2) is 8.99. The summed E-state index contributed by atoms with van der Waals surface area (Å²) in [5.74, 6) is 1.38. The summed E-state index contributed by atoms with van der Waals surface area (Å²) in [6, 6.07) is 15.8. The highest BCUT2D eigenvalue weighted by Gasteiger charge is 2.13. The van der Waals surface area contributed by atoms with Gasteiger partial charge in [0.1, 0.15) is 5.75 Å². The molecule has 3 aromatic rings. The monoisotopic (exact) mass is 372 g/mol. The molecule has 1 heterocycles. The van der Waals surface area contributed by atoms with Crippen molar-refractivity contribution in [3.63, 3.8) is 0 Å². The van der Waals surface area contributed by atoms with E-state index in [1.807, 2.05) is 61.8 Å². The van der Waals surface area contributed by atoms with E-state index in [4.69, 9.17) is 4.74 Å². The summed E-state index contributed by atoms with van der Waals surface area (Å²) in [5, 5.41) is 3.83. The number of H-pyrrole nitrogens is 1. The predicted molar refractivity (Wildman–Crippen MR) is 107 cm³/mol. The number of benzene rings is 2. The first kappa shape index (κ1) is 17.9. The van der Waals surface area contributed by atoms with Gasteiger partial charge in [0.25, 0.3) is 0 Å². The highest BCUT2D eigenvalue weighted by Crippen LogP contribution is 2.33. The Morgan fingerprint density at radius 1 is 1.16 bits per heavy atom. The van der Waals surface area contributed by atoms with Crippen molar-refractivity contribution in [1.82, 2.24) is 10.3 Å². The minimum Gasteiger partial charge on any atom is -0.417 e. The molecule has 0 bridgehead atoms. The molecule has 0 unspecified atom stereocenters. The maximum Gasteiger partial charge on any atom is 0.383 e. The zero-order valence-corrected chi connectivity index (χ0v) is 15.6. The Bertz CT molecular complexity index is 834. The number of aromatic nitrogens is 1. The molecule has 0 saturated heterocycles. The van der Waals surface area contributed by atoms with E-state index in [9.17, 15) is 4.79 Å². The van der Waals surface area contributed by atoms with Crippen LogP contribution in [0.25, 0.3) is 10.9 Å². The van der Waals surface area contributed by atoms with E-state index >= 15 is 0 Å². The average molecular weight is 373 g/mol. The van der Waals surface area contributed by atoms with Crippen molar-refractivity contribution in [1.29, 1.82) is 0 Å². The molecular formula is C19H20N2O2S2. The average Bonchev–Trinajstić information content (AvgIpc) is 3.05. The Morgan fingerprint density at radius 3 is 2.80 bits per heavy atom. The summed E-state index contributed by atoms with van der Waals surface area (Å²) < 4.78 is 5.61. The van der Waals surface area contributed by atoms with Gasteiger partial charge in [-0.15, -0.1) is 0 Å². The normalized spacial score (nSPS) is 10.9. The van der Waals surface area contributed by atoms with Crippen molar-refractivity contribution in [3.8, 4) is 5.75 Å². The molecule has 0 radical (unpaired) electrons. The van der Waals surface area contributed by atoms with Gasteiger partial charge in [0.2, 0.25) is 0 Å².